The Morgan fingerprint density at radius 1 is 1.31 bits per heavy atom. The molecule has 7 nitrogen and oxygen atoms in total. The van der Waals surface area contributed by atoms with Crippen molar-refractivity contribution in [2.45, 2.75) is 12.8 Å². The molecule has 0 aliphatic carbocycles. The summed E-state index contributed by atoms with van der Waals surface area (Å²) in [5.41, 5.74) is 0. The van der Waals surface area contributed by atoms with Crippen molar-refractivity contribution in [3.63, 3.8) is 0 Å². The van der Waals surface area contributed by atoms with Crippen LogP contribution in [0.1, 0.15) is 12.8 Å². The van der Waals surface area contributed by atoms with Gasteiger partial charge in [-0.1, -0.05) is 0 Å². The van der Waals surface area contributed by atoms with Crippen LogP contribution in [-0.4, -0.2) is 56.2 Å². The fourth-order valence-electron chi connectivity index (χ4n) is 0.862. The maximum absolute atomic E-state index is 11.5. The van der Waals surface area contributed by atoms with Crippen molar-refractivity contribution in [3.05, 3.63) is 0 Å². The number of methoxy groups -OCH3 is 1. The Morgan fingerprint density at radius 3 is 2.31 bits per heavy atom. The van der Waals surface area contributed by atoms with Crippen LogP contribution in [0.15, 0.2) is 0 Å². The number of esters is 1. The van der Waals surface area contributed by atoms with Crippen LogP contribution in [0.3, 0.4) is 0 Å². The predicted octanol–water partition coefficient (Wildman–Crippen LogP) is -0.714. The third-order valence-electron chi connectivity index (χ3n) is 1.91. The highest BCUT2D eigenvalue weighted by Crippen LogP contribution is 2.02. The summed E-state index contributed by atoms with van der Waals surface area (Å²) >= 11 is 0. The minimum Gasteiger partial charge on any atom is -0.481 e. The minimum atomic E-state index is -3.59. The van der Waals surface area contributed by atoms with E-state index in [-0.39, 0.29) is 25.1 Å². The monoisotopic (exact) mass is 253 g/mol. The molecule has 1 N–H and O–H groups in total. The first-order chi connectivity index (χ1) is 7.29. The number of ether oxygens (including phenoxy) is 1. The second-order valence-electron chi connectivity index (χ2n) is 3.11. The molecule has 0 heterocycles. The number of hydrogen-bond donors (Lipinski definition) is 1. The van der Waals surface area contributed by atoms with Crippen LogP contribution < -0.4 is 0 Å². The lowest BCUT2D eigenvalue weighted by Crippen LogP contribution is -2.32. The Kier molecular flexibility index (Phi) is 5.97. The quantitative estimate of drug-likeness (QED) is 0.601. The lowest BCUT2D eigenvalue weighted by Gasteiger charge is -2.15. The van der Waals surface area contributed by atoms with Crippen molar-refractivity contribution in [1.29, 1.82) is 0 Å². The van der Waals surface area contributed by atoms with Gasteiger partial charge in [-0.05, 0) is 0 Å². The smallest absolute Gasteiger partial charge is 0.306 e. The van der Waals surface area contributed by atoms with Crippen molar-refractivity contribution >= 4 is 22.0 Å². The molecule has 16 heavy (non-hydrogen) atoms. The van der Waals surface area contributed by atoms with Gasteiger partial charge in [-0.3, -0.25) is 9.59 Å². The highest BCUT2D eigenvalue weighted by Gasteiger charge is 2.19. The molecule has 0 aliphatic rings. The molecule has 0 atom stereocenters. The van der Waals surface area contributed by atoms with Crippen LogP contribution in [0, 0.1) is 0 Å². The topological polar surface area (TPSA) is 101 Å². The van der Waals surface area contributed by atoms with Crippen LogP contribution in [0.4, 0.5) is 0 Å². The zero-order chi connectivity index (χ0) is 12.8. The molecular weight excluding hydrogens is 238 g/mol. The van der Waals surface area contributed by atoms with E-state index in [1.807, 2.05) is 0 Å². The molecular formula is C8H15NO6S. The van der Waals surface area contributed by atoms with Gasteiger partial charge in [0, 0.05) is 13.6 Å². The summed E-state index contributed by atoms with van der Waals surface area (Å²) in [6, 6.07) is 0. The number of rotatable bonds is 7. The first-order valence-corrected chi connectivity index (χ1v) is 6.13. The molecule has 0 spiro atoms. The molecule has 0 aliphatic heterocycles. The van der Waals surface area contributed by atoms with Gasteiger partial charge in [-0.2, -0.15) is 0 Å². The normalized spacial score (nSPS) is 11.4. The van der Waals surface area contributed by atoms with E-state index in [1.165, 1.54) is 14.2 Å². The van der Waals surface area contributed by atoms with Crippen molar-refractivity contribution in [2.75, 3.05) is 26.5 Å². The Labute approximate surface area is 94.0 Å². The lowest BCUT2D eigenvalue weighted by molar-refractivity contribution is -0.140. The van der Waals surface area contributed by atoms with E-state index in [1.54, 1.807) is 0 Å². The van der Waals surface area contributed by atoms with E-state index in [4.69, 9.17) is 5.11 Å². The molecule has 0 aromatic carbocycles. The van der Waals surface area contributed by atoms with E-state index < -0.39 is 22.0 Å². The fourth-order valence-corrected chi connectivity index (χ4v) is 1.97. The molecule has 0 bridgehead atoms. The van der Waals surface area contributed by atoms with E-state index in [9.17, 15) is 18.0 Å². The molecule has 0 rings (SSSR count). The summed E-state index contributed by atoms with van der Waals surface area (Å²) in [6.45, 7) is -0.112. The van der Waals surface area contributed by atoms with Gasteiger partial charge in [-0.25, -0.2) is 12.7 Å². The van der Waals surface area contributed by atoms with Gasteiger partial charge >= 0.3 is 11.9 Å². The maximum atomic E-state index is 11.5. The summed E-state index contributed by atoms with van der Waals surface area (Å²) in [7, 11) is -1.15. The molecule has 0 amide bonds. The molecule has 0 aromatic heterocycles. The summed E-state index contributed by atoms with van der Waals surface area (Å²) in [5.74, 6) is -2.07. The number of carboxylic acid groups (broad SMARTS) is 1. The first kappa shape index (κ1) is 14.8. The third-order valence-corrected chi connectivity index (χ3v) is 3.76. The first-order valence-electron chi connectivity index (χ1n) is 4.52. The molecule has 0 aromatic rings. The van der Waals surface area contributed by atoms with Crippen LogP contribution in [-0.2, 0) is 24.3 Å². The third kappa shape index (κ3) is 5.66. The number of hydrogen-bond acceptors (Lipinski definition) is 5. The van der Waals surface area contributed by atoms with Gasteiger partial charge in [0.1, 0.15) is 0 Å². The van der Waals surface area contributed by atoms with Gasteiger partial charge < -0.3 is 9.84 Å². The summed E-state index contributed by atoms with van der Waals surface area (Å²) < 4.78 is 28.2. The lowest BCUT2D eigenvalue weighted by atomic mass is 10.4. The average Bonchev–Trinajstić information content (AvgIpc) is 2.22. The second-order valence-corrected chi connectivity index (χ2v) is 5.30. The van der Waals surface area contributed by atoms with Gasteiger partial charge in [0.25, 0.3) is 0 Å². The number of aliphatic carboxylic acids is 1. The van der Waals surface area contributed by atoms with Crippen molar-refractivity contribution in [2.24, 2.45) is 0 Å². The Hall–Kier alpha value is -1.15. The Bertz CT molecular complexity index is 350. The van der Waals surface area contributed by atoms with Gasteiger partial charge in [-0.15, -0.1) is 0 Å². The van der Waals surface area contributed by atoms with Crippen LogP contribution in [0.25, 0.3) is 0 Å². The molecule has 94 valence electrons. The van der Waals surface area contributed by atoms with E-state index in [2.05, 4.69) is 4.74 Å². The average molecular weight is 253 g/mol. The van der Waals surface area contributed by atoms with Crippen molar-refractivity contribution in [1.82, 2.24) is 4.31 Å². The van der Waals surface area contributed by atoms with Gasteiger partial charge in [0.2, 0.25) is 10.0 Å². The van der Waals surface area contributed by atoms with Crippen LogP contribution >= 0.6 is 0 Å². The maximum Gasteiger partial charge on any atom is 0.306 e. The fraction of sp³-hybridized carbons (Fsp3) is 0.750. The molecule has 0 radical (unpaired) electrons. The Balaban J connectivity index is 4.21. The molecule has 0 saturated heterocycles. The van der Waals surface area contributed by atoms with E-state index >= 15 is 0 Å². The van der Waals surface area contributed by atoms with Crippen molar-refractivity contribution < 1.29 is 27.9 Å². The zero-order valence-electron chi connectivity index (χ0n) is 9.17. The largest absolute Gasteiger partial charge is 0.481 e. The number of carboxylic acids is 1. The zero-order valence-corrected chi connectivity index (χ0v) is 9.99. The highest BCUT2D eigenvalue weighted by atomic mass is 32.2. The molecule has 0 fully saturated rings. The summed E-state index contributed by atoms with van der Waals surface area (Å²) in [6.07, 6.45) is -0.510. The SMILES string of the molecule is COC(=O)CCS(=O)(=O)N(C)CCC(=O)O. The second kappa shape index (κ2) is 6.44. The highest BCUT2D eigenvalue weighted by molar-refractivity contribution is 7.89. The molecule has 0 saturated carbocycles. The van der Waals surface area contributed by atoms with E-state index in [0.29, 0.717) is 0 Å². The minimum absolute atomic E-state index is 0.112. The molecule has 8 heteroatoms. The van der Waals surface area contributed by atoms with Gasteiger partial charge in [0.15, 0.2) is 0 Å². The van der Waals surface area contributed by atoms with Crippen LogP contribution in [0.2, 0.25) is 0 Å². The van der Waals surface area contributed by atoms with Crippen LogP contribution in [0.5, 0.6) is 0 Å². The summed E-state index contributed by atoms with van der Waals surface area (Å²) in [4.78, 5) is 21.0. The number of carbonyl (C=O) groups excluding carboxylic acids is 1. The number of nitrogens with zero attached hydrogens (tertiary/aromatic N) is 1. The van der Waals surface area contributed by atoms with E-state index in [0.717, 1.165) is 4.31 Å². The standard InChI is InChI=1S/C8H15NO6S/c1-9(5-3-7(10)11)16(13,14)6-4-8(12)15-2/h3-6H2,1-2H3,(H,10,11). The molecule has 0 unspecified atom stereocenters. The van der Waals surface area contributed by atoms with Gasteiger partial charge in [0.05, 0.1) is 25.7 Å². The summed E-state index contributed by atoms with van der Waals surface area (Å²) in [5, 5.41) is 8.39. The number of carbonyl (C=O) groups is 2. The predicted molar refractivity (Wildman–Crippen MR) is 55.3 cm³/mol. The Morgan fingerprint density at radius 2 is 1.88 bits per heavy atom. The van der Waals surface area contributed by atoms with Crippen molar-refractivity contribution in [3.8, 4) is 0 Å². The number of sulfonamides is 1.